The van der Waals surface area contributed by atoms with E-state index in [0.29, 0.717) is 28.5 Å². The van der Waals surface area contributed by atoms with Crippen molar-refractivity contribution in [2.45, 2.75) is 25.7 Å². The molecule has 0 aliphatic heterocycles. The first kappa shape index (κ1) is 18.4. The molecule has 9 heteroatoms. The smallest absolute Gasteiger partial charge is 0.256 e. The number of hydrogen-bond donors (Lipinski definition) is 2. The topological polar surface area (TPSA) is 106 Å². The van der Waals surface area contributed by atoms with Crippen LogP contribution in [0.3, 0.4) is 0 Å². The van der Waals surface area contributed by atoms with Gasteiger partial charge in [-0.15, -0.1) is 0 Å². The van der Waals surface area contributed by atoms with Crippen molar-refractivity contribution in [2.24, 2.45) is 7.05 Å². The highest BCUT2D eigenvalue weighted by Gasteiger charge is 2.28. The van der Waals surface area contributed by atoms with Crippen molar-refractivity contribution in [3.05, 3.63) is 47.3 Å². The number of nitrogens with one attached hydrogen (secondary N) is 2. The zero-order valence-corrected chi connectivity index (χ0v) is 16.7. The number of nitrogens with zero attached hydrogens (tertiary/aromatic N) is 3. The third-order valence-corrected chi connectivity index (χ3v) is 5.28. The average Bonchev–Trinajstić information content (AvgIpc) is 3.42. The molecule has 1 amide bonds. The van der Waals surface area contributed by atoms with Crippen LogP contribution in [0, 0.1) is 6.92 Å². The average molecular weight is 399 g/mol. The van der Waals surface area contributed by atoms with Gasteiger partial charge in [-0.25, -0.2) is 13.4 Å². The second kappa shape index (κ2) is 6.59. The summed E-state index contributed by atoms with van der Waals surface area (Å²) in [6.45, 7) is 1.86. The molecule has 4 rings (SSSR count). The van der Waals surface area contributed by atoms with E-state index in [4.69, 9.17) is 4.98 Å². The van der Waals surface area contributed by atoms with E-state index in [1.807, 2.05) is 20.0 Å². The molecule has 28 heavy (non-hydrogen) atoms. The fourth-order valence-corrected chi connectivity index (χ4v) is 3.83. The van der Waals surface area contributed by atoms with Crippen LogP contribution in [0.25, 0.3) is 11.0 Å². The predicted molar refractivity (Wildman–Crippen MR) is 108 cm³/mol. The van der Waals surface area contributed by atoms with Crippen LogP contribution in [-0.2, 0) is 17.1 Å². The Balaban J connectivity index is 1.65. The fourth-order valence-electron chi connectivity index (χ4n) is 3.27. The Morgan fingerprint density at radius 1 is 1.18 bits per heavy atom. The largest absolute Gasteiger partial charge is 0.322 e. The molecular formula is C19H21N5O3S. The van der Waals surface area contributed by atoms with Gasteiger partial charge in [-0.05, 0) is 50.1 Å². The maximum atomic E-state index is 13.0. The van der Waals surface area contributed by atoms with E-state index < -0.39 is 10.0 Å². The van der Waals surface area contributed by atoms with Crippen LogP contribution in [-0.4, -0.2) is 35.3 Å². The number of anilines is 2. The van der Waals surface area contributed by atoms with E-state index in [1.165, 1.54) is 0 Å². The lowest BCUT2D eigenvalue weighted by molar-refractivity contribution is 0.102. The number of carbonyl (C=O) groups excluding carboxylic acids is 1. The lowest BCUT2D eigenvalue weighted by atomic mass is 10.1. The van der Waals surface area contributed by atoms with Crippen LogP contribution in [0.2, 0.25) is 0 Å². The van der Waals surface area contributed by atoms with E-state index in [1.54, 1.807) is 28.9 Å². The van der Waals surface area contributed by atoms with Gasteiger partial charge in [0.05, 0.1) is 22.9 Å². The molecule has 0 spiro atoms. The first-order chi connectivity index (χ1) is 13.2. The molecule has 146 valence electrons. The molecule has 0 saturated heterocycles. The molecule has 8 nitrogen and oxygen atoms in total. The van der Waals surface area contributed by atoms with Gasteiger partial charge in [0.2, 0.25) is 10.0 Å². The number of amides is 1. The Kier molecular flexibility index (Phi) is 4.34. The van der Waals surface area contributed by atoms with Crippen molar-refractivity contribution >= 4 is 38.3 Å². The maximum Gasteiger partial charge on any atom is 0.256 e. The summed E-state index contributed by atoms with van der Waals surface area (Å²) in [5, 5.41) is 8.05. The molecule has 1 aliphatic carbocycles. The Labute approximate surface area is 163 Å². The normalized spacial score (nSPS) is 14.2. The van der Waals surface area contributed by atoms with Gasteiger partial charge in [0.1, 0.15) is 0 Å². The summed E-state index contributed by atoms with van der Waals surface area (Å²) in [5.74, 6) is 0.168. The zero-order chi connectivity index (χ0) is 20.1. The molecule has 0 unspecified atom stereocenters. The minimum Gasteiger partial charge on any atom is -0.322 e. The zero-order valence-electron chi connectivity index (χ0n) is 15.9. The lowest BCUT2D eigenvalue weighted by Crippen LogP contribution is -2.14. The summed E-state index contributed by atoms with van der Waals surface area (Å²) in [6, 6.07) is 8.38. The van der Waals surface area contributed by atoms with Crippen molar-refractivity contribution in [3.63, 3.8) is 0 Å². The molecule has 0 radical (unpaired) electrons. The first-order valence-electron chi connectivity index (χ1n) is 8.95. The highest BCUT2D eigenvalue weighted by molar-refractivity contribution is 7.92. The van der Waals surface area contributed by atoms with Crippen molar-refractivity contribution in [2.75, 3.05) is 16.3 Å². The molecule has 2 N–H and O–H groups in total. The quantitative estimate of drug-likeness (QED) is 0.686. The molecule has 1 aliphatic rings. The number of aryl methyl sites for hydroxylation is 2. The van der Waals surface area contributed by atoms with Crippen molar-refractivity contribution in [3.8, 4) is 0 Å². The molecule has 2 heterocycles. The van der Waals surface area contributed by atoms with Crippen molar-refractivity contribution in [1.29, 1.82) is 0 Å². The molecule has 1 fully saturated rings. The number of carbonyl (C=O) groups is 1. The molecule has 1 saturated carbocycles. The minimum atomic E-state index is -3.34. The summed E-state index contributed by atoms with van der Waals surface area (Å²) in [5.41, 5.74) is 3.95. The van der Waals surface area contributed by atoms with E-state index >= 15 is 0 Å². The number of aromatic nitrogens is 3. The molecule has 1 aromatic carbocycles. The van der Waals surface area contributed by atoms with Crippen LogP contribution in [0.4, 0.5) is 11.4 Å². The monoisotopic (exact) mass is 399 g/mol. The molecule has 2 aromatic heterocycles. The van der Waals surface area contributed by atoms with E-state index in [0.717, 1.165) is 35.9 Å². The van der Waals surface area contributed by atoms with Crippen LogP contribution in [0.15, 0.2) is 30.3 Å². The SMILES string of the molecule is Cc1nn(C)c2nc(C3CC3)cc(C(=O)Nc3ccc(NS(C)(=O)=O)cc3)c12. The number of sulfonamides is 1. The van der Waals surface area contributed by atoms with Crippen molar-refractivity contribution in [1.82, 2.24) is 14.8 Å². The van der Waals surface area contributed by atoms with Crippen LogP contribution < -0.4 is 10.0 Å². The van der Waals surface area contributed by atoms with E-state index in [9.17, 15) is 13.2 Å². The van der Waals surface area contributed by atoms with Crippen LogP contribution >= 0.6 is 0 Å². The Bertz CT molecular complexity index is 1180. The first-order valence-corrected chi connectivity index (χ1v) is 10.8. The van der Waals surface area contributed by atoms with Gasteiger partial charge < -0.3 is 5.32 Å². The molecule has 0 bridgehead atoms. The van der Waals surface area contributed by atoms with Gasteiger partial charge in [-0.1, -0.05) is 0 Å². The standard InChI is InChI=1S/C19H21N5O3S/c1-11-17-15(10-16(12-4-5-12)21-18(17)24(2)22-11)19(25)20-13-6-8-14(9-7-13)23-28(3,26)27/h6-10,12,23H,4-5H2,1-3H3,(H,20,25). The van der Waals surface area contributed by atoms with E-state index in [2.05, 4.69) is 15.1 Å². The number of hydrogen-bond acceptors (Lipinski definition) is 5. The van der Waals surface area contributed by atoms with Gasteiger partial charge in [-0.2, -0.15) is 5.10 Å². The van der Waals surface area contributed by atoms with Crippen LogP contribution in [0.1, 0.15) is 40.5 Å². The number of rotatable bonds is 5. The summed E-state index contributed by atoms with van der Waals surface area (Å²) in [6.07, 6.45) is 3.27. The number of fused-ring (bicyclic) bond motifs is 1. The van der Waals surface area contributed by atoms with Gasteiger partial charge in [-0.3, -0.25) is 14.2 Å². The minimum absolute atomic E-state index is 0.241. The fraction of sp³-hybridized carbons (Fsp3) is 0.316. The second-order valence-corrected chi connectivity index (χ2v) is 8.93. The number of benzene rings is 1. The van der Waals surface area contributed by atoms with Gasteiger partial charge >= 0.3 is 0 Å². The summed E-state index contributed by atoms with van der Waals surface area (Å²) < 4.78 is 26.7. The molecule has 0 atom stereocenters. The summed E-state index contributed by atoms with van der Waals surface area (Å²) in [4.78, 5) is 17.7. The molecular weight excluding hydrogens is 378 g/mol. The third-order valence-electron chi connectivity index (χ3n) is 4.67. The second-order valence-electron chi connectivity index (χ2n) is 7.18. The Hall–Kier alpha value is -2.94. The predicted octanol–water partition coefficient (Wildman–Crippen LogP) is 2.78. The van der Waals surface area contributed by atoms with Crippen molar-refractivity contribution < 1.29 is 13.2 Å². The van der Waals surface area contributed by atoms with Gasteiger partial charge in [0.15, 0.2) is 5.65 Å². The Morgan fingerprint density at radius 2 is 1.82 bits per heavy atom. The highest BCUT2D eigenvalue weighted by atomic mass is 32.2. The van der Waals surface area contributed by atoms with Gasteiger partial charge in [0, 0.05) is 30.0 Å². The number of pyridine rings is 1. The highest BCUT2D eigenvalue weighted by Crippen LogP contribution is 2.40. The lowest BCUT2D eigenvalue weighted by Gasteiger charge is -2.10. The maximum absolute atomic E-state index is 13.0. The Morgan fingerprint density at radius 3 is 2.43 bits per heavy atom. The van der Waals surface area contributed by atoms with Gasteiger partial charge in [0.25, 0.3) is 5.91 Å². The van der Waals surface area contributed by atoms with E-state index in [-0.39, 0.29) is 5.91 Å². The summed E-state index contributed by atoms with van der Waals surface area (Å²) >= 11 is 0. The molecule has 3 aromatic rings. The third kappa shape index (κ3) is 3.70. The van der Waals surface area contributed by atoms with Crippen LogP contribution in [0.5, 0.6) is 0 Å². The summed E-state index contributed by atoms with van der Waals surface area (Å²) in [7, 11) is -1.52.